The van der Waals surface area contributed by atoms with Gasteiger partial charge in [-0.1, -0.05) is 17.3 Å². The van der Waals surface area contributed by atoms with Gasteiger partial charge in [-0.3, -0.25) is 4.79 Å². The van der Waals surface area contributed by atoms with Crippen molar-refractivity contribution in [3.63, 3.8) is 0 Å². The second kappa shape index (κ2) is 6.69. The van der Waals surface area contributed by atoms with Crippen molar-refractivity contribution in [1.29, 1.82) is 0 Å². The number of aryl methyl sites for hydroxylation is 1. The van der Waals surface area contributed by atoms with Crippen LogP contribution in [0.1, 0.15) is 27.9 Å². The fraction of sp³-hybridized carbons (Fsp3) is 0.286. The SMILES string of the molecule is Cc1cc(C(=O)NC[C@H](O)c2ccc(OC(F)(F)F)cc2)no1. The number of hydrogen-bond acceptors (Lipinski definition) is 5. The van der Waals surface area contributed by atoms with Gasteiger partial charge in [0.25, 0.3) is 5.91 Å². The first-order chi connectivity index (χ1) is 10.7. The summed E-state index contributed by atoms with van der Waals surface area (Å²) in [7, 11) is 0. The molecule has 2 aromatic rings. The fourth-order valence-electron chi connectivity index (χ4n) is 1.76. The number of carbonyl (C=O) groups is 1. The van der Waals surface area contributed by atoms with E-state index in [1.165, 1.54) is 18.2 Å². The van der Waals surface area contributed by atoms with Gasteiger partial charge in [-0.05, 0) is 24.6 Å². The number of ether oxygens (including phenoxy) is 1. The number of carbonyl (C=O) groups excluding carboxylic acids is 1. The molecule has 2 rings (SSSR count). The molecule has 1 aromatic carbocycles. The average Bonchev–Trinajstić information content (AvgIpc) is 2.90. The Morgan fingerprint density at radius 1 is 1.39 bits per heavy atom. The maximum Gasteiger partial charge on any atom is 0.573 e. The highest BCUT2D eigenvalue weighted by Gasteiger charge is 2.31. The van der Waals surface area contributed by atoms with E-state index in [2.05, 4.69) is 15.2 Å². The Morgan fingerprint density at radius 3 is 2.57 bits per heavy atom. The van der Waals surface area contributed by atoms with Crippen LogP contribution in [0, 0.1) is 6.92 Å². The standard InChI is InChI=1S/C14H13F3N2O4/c1-8-6-11(19-23-8)13(21)18-7-12(20)9-2-4-10(5-3-9)22-14(15,16)17/h2-6,12,20H,7H2,1H3,(H,18,21)/t12-/m0/s1. The quantitative estimate of drug-likeness (QED) is 0.879. The van der Waals surface area contributed by atoms with Crippen molar-refractivity contribution in [1.82, 2.24) is 10.5 Å². The minimum absolute atomic E-state index is 0.0728. The number of hydrogen-bond donors (Lipinski definition) is 2. The molecule has 1 aromatic heterocycles. The Balaban J connectivity index is 1.90. The number of aromatic nitrogens is 1. The van der Waals surface area contributed by atoms with Crippen LogP contribution in [0.25, 0.3) is 0 Å². The molecule has 0 aliphatic carbocycles. The molecule has 1 amide bonds. The van der Waals surface area contributed by atoms with E-state index in [-0.39, 0.29) is 12.2 Å². The van der Waals surface area contributed by atoms with Crippen molar-refractivity contribution in [2.45, 2.75) is 19.4 Å². The Kier molecular flexibility index (Phi) is 4.89. The van der Waals surface area contributed by atoms with Gasteiger partial charge < -0.3 is 19.7 Å². The highest BCUT2D eigenvalue weighted by atomic mass is 19.4. The summed E-state index contributed by atoms with van der Waals surface area (Å²) in [6.07, 6.45) is -5.86. The summed E-state index contributed by atoms with van der Waals surface area (Å²) in [6, 6.07) is 6.14. The maximum absolute atomic E-state index is 12.0. The van der Waals surface area contributed by atoms with Gasteiger partial charge in [-0.2, -0.15) is 0 Å². The minimum atomic E-state index is -4.77. The lowest BCUT2D eigenvalue weighted by atomic mass is 10.1. The van der Waals surface area contributed by atoms with Crippen molar-refractivity contribution in [3.8, 4) is 5.75 Å². The van der Waals surface area contributed by atoms with E-state index in [1.807, 2.05) is 0 Å². The summed E-state index contributed by atoms with van der Waals surface area (Å²) in [5.41, 5.74) is 0.403. The largest absolute Gasteiger partial charge is 0.573 e. The molecule has 0 radical (unpaired) electrons. The summed E-state index contributed by atoms with van der Waals surface area (Å²) in [6.45, 7) is 1.49. The van der Waals surface area contributed by atoms with Crippen LogP contribution in [0.4, 0.5) is 13.2 Å². The normalized spacial score (nSPS) is 12.7. The Hall–Kier alpha value is -2.55. The number of alkyl halides is 3. The molecule has 0 aliphatic heterocycles. The molecule has 0 saturated carbocycles. The zero-order valence-corrected chi connectivity index (χ0v) is 11.9. The third kappa shape index (κ3) is 4.99. The molecule has 2 N–H and O–H groups in total. The predicted octanol–water partition coefficient (Wildman–Crippen LogP) is 2.35. The Bertz CT molecular complexity index is 667. The second-order valence-electron chi connectivity index (χ2n) is 4.67. The molecule has 0 bridgehead atoms. The third-order valence-corrected chi connectivity index (χ3v) is 2.82. The molecule has 23 heavy (non-hydrogen) atoms. The van der Waals surface area contributed by atoms with Crippen molar-refractivity contribution in [2.24, 2.45) is 0 Å². The first kappa shape index (κ1) is 16.8. The number of rotatable bonds is 5. The number of nitrogens with one attached hydrogen (secondary N) is 1. The molecule has 1 atom stereocenters. The lowest BCUT2D eigenvalue weighted by Gasteiger charge is -2.13. The zero-order valence-electron chi connectivity index (χ0n) is 11.9. The molecule has 124 valence electrons. The summed E-state index contributed by atoms with van der Waals surface area (Å²) in [5.74, 6) is -0.454. The molecule has 1 heterocycles. The van der Waals surface area contributed by atoms with E-state index in [4.69, 9.17) is 4.52 Å². The number of aliphatic hydroxyl groups is 1. The molecular formula is C14H13F3N2O4. The van der Waals surface area contributed by atoms with E-state index in [0.717, 1.165) is 12.1 Å². The van der Waals surface area contributed by atoms with Gasteiger partial charge in [0.1, 0.15) is 11.5 Å². The highest BCUT2D eigenvalue weighted by Crippen LogP contribution is 2.24. The van der Waals surface area contributed by atoms with Crippen LogP contribution < -0.4 is 10.1 Å². The highest BCUT2D eigenvalue weighted by molar-refractivity contribution is 5.92. The minimum Gasteiger partial charge on any atom is -0.406 e. The van der Waals surface area contributed by atoms with E-state index >= 15 is 0 Å². The number of amides is 1. The lowest BCUT2D eigenvalue weighted by Crippen LogP contribution is -2.28. The van der Waals surface area contributed by atoms with Gasteiger partial charge in [0.15, 0.2) is 5.69 Å². The lowest BCUT2D eigenvalue weighted by molar-refractivity contribution is -0.274. The molecule has 0 saturated heterocycles. The van der Waals surface area contributed by atoms with Crippen molar-refractivity contribution >= 4 is 5.91 Å². The third-order valence-electron chi connectivity index (χ3n) is 2.82. The smallest absolute Gasteiger partial charge is 0.406 e. The van der Waals surface area contributed by atoms with Crippen molar-refractivity contribution in [2.75, 3.05) is 6.54 Å². The van der Waals surface area contributed by atoms with Crippen LogP contribution in [0.5, 0.6) is 5.75 Å². The molecule has 0 fully saturated rings. The predicted molar refractivity (Wildman–Crippen MR) is 71.7 cm³/mol. The van der Waals surface area contributed by atoms with E-state index in [0.29, 0.717) is 11.3 Å². The zero-order chi connectivity index (χ0) is 17.0. The van der Waals surface area contributed by atoms with E-state index in [9.17, 15) is 23.1 Å². The number of aliphatic hydroxyl groups excluding tert-OH is 1. The Morgan fingerprint density at radius 2 is 2.04 bits per heavy atom. The fourth-order valence-corrected chi connectivity index (χ4v) is 1.76. The van der Waals surface area contributed by atoms with Crippen LogP contribution in [0.3, 0.4) is 0 Å². The van der Waals surface area contributed by atoms with E-state index in [1.54, 1.807) is 6.92 Å². The average molecular weight is 330 g/mol. The molecular weight excluding hydrogens is 317 g/mol. The van der Waals surface area contributed by atoms with Crippen LogP contribution >= 0.6 is 0 Å². The molecule has 9 heteroatoms. The monoisotopic (exact) mass is 330 g/mol. The first-order valence-electron chi connectivity index (χ1n) is 6.50. The van der Waals surface area contributed by atoms with Gasteiger partial charge >= 0.3 is 6.36 Å². The van der Waals surface area contributed by atoms with Gasteiger partial charge in [0.2, 0.25) is 0 Å². The molecule has 0 unspecified atom stereocenters. The van der Waals surface area contributed by atoms with Gasteiger partial charge in [0.05, 0.1) is 6.10 Å². The van der Waals surface area contributed by atoms with Crippen LogP contribution in [-0.4, -0.2) is 29.1 Å². The summed E-state index contributed by atoms with van der Waals surface area (Å²) in [5, 5.41) is 15.9. The Labute approximate surface area is 128 Å². The van der Waals surface area contributed by atoms with Crippen LogP contribution in [-0.2, 0) is 0 Å². The first-order valence-corrected chi connectivity index (χ1v) is 6.50. The van der Waals surface area contributed by atoms with Gasteiger partial charge in [-0.15, -0.1) is 13.2 Å². The summed E-state index contributed by atoms with van der Waals surface area (Å²) >= 11 is 0. The molecule has 0 aliphatic rings. The number of nitrogens with zero attached hydrogens (tertiary/aromatic N) is 1. The van der Waals surface area contributed by atoms with Gasteiger partial charge in [-0.25, -0.2) is 0 Å². The van der Waals surface area contributed by atoms with Crippen LogP contribution in [0.15, 0.2) is 34.9 Å². The second-order valence-corrected chi connectivity index (χ2v) is 4.67. The number of benzene rings is 1. The summed E-state index contributed by atoms with van der Waals surface area (Å²) < 4.78 is 44.6. The molecule has 6 nitrogen and oxygen atoms in total. The maximum atomic E-state index is 12.0. The number of halogens is 3. The van der Waals surface area contributed by atoms with E-state index < -0.39 is 24.1 Å². The topological polar surface area (TPSA) is 84.6 Å². The summed E-state index contributed by atoms with van der Waals surface area (Å²) in [4.78, 5) is 11.7. The van der Waals surface area contributed by atoms with Gasteiger partial charge in [0, 0.05) is 12.6 Å². The molecule has 0 spiro atoms. The van der Waals surface area contributed by atoms with Crippen LogP contribution in [0.2, 0.25) is 0 Å². The van der Waals surface area contributed by atoms with Crippen molar-refractivity contribution in [3.05, 3.63) is 47.3 Å². The van der Waals surface area contributed by atoms with Crippen molar-refractivity contribution < 1.29 is 32.3 Å².